The van der Waals surface area contributed by atoms with Gasteiger partial charge in [-0.3, -0.25) is 0 Å². The molecule has 17 heavy (non-hydrogen) atoms. The van der Waals surface area contributed by atoms with E-state index in [9.17, 15) is 0 Å². The fourth-order valence-corrected chi connectivity index (χ4v) is 1.98. The minimum Gasteiger partial charge on any atom is -0.473 e. The summed E-state index contributed by atoms with van der Waals surface area (Å²) in [7, 11) is 0. The zero-order chi connectivity index (χ0) is 12.2. The van der Waals surface area contributed by atoms with Gasteiger partial charge in [0.05, 0.1) is 39.0 Å². The standard InChI is InChI=1S/C14H22O3/c1-3-13(9-16-10-13)5-7-15-8-6-14(4-2)11-17-12-14/h5-8H,3-4,9-12H2,1-2H3. The molecule has 2 rings (SSSR count). The first kappa shape index (κ1) is 12.7. The fourth-order valence-electron chi connectivity index (χ4n) is 1.98. The summed E-state index contributed by atoms with van der Waals surface area (Å²) in [5.74, 6) is 0. The molecule has 0 amide bonds. The van der Waals surface area contributed by atoms with Crippen molar-refractivity contribution < 1.29 is 14.2 Å². The molecule has 0 aliphatic carbocycles. The van der Waals surface area contributed by atoms with Gasteiger partial charge in [0.2, 0.25) is 0 Å². The highest BCUT2D eigenvalue weighted by molar-refractivity contribution is 5.04. The van der Waals surface area contributed by atoms with E-state index < -0.39 is 0 Å². The summed E-state index contributed by atoms with van der Waals surface area (Å²) >= 11 is 0. The molecular weight excluding hydrogens is 216 g/mol. The molecule has 2 aliphatic heterocycles. The lowest BCUT2D eigenvalue weighted by atomic mass is 9.83. The van der Waals surface area contributed by atoms with Crippen molar-refractivity contribution in [2.75, 3.05) is 26.4 Å². The largest absolute Gasteiger partial charge is 0.473 e. The average Bonchev–Trinajstić information content (AvgIpc) is 2.24. The van der Waals surface area contributed by atoms with E-state index in [1.165, 1.54) is 0 Å². The molecule has 0 radical (unpaired) electrons. The van der Waals surface area contributed by atoms with Crippen LogP contribution in [0.15, 0.2) is 24.7 Å². The maximum absolute atomic E-state index is 5.43. The molecule has 0 spiro atoms. The summed E-state index contributed by atoms with van der Waals surface area (Å²) in [5, 5.41) is 0. The van der Waals surface area contributed by atoms with E-state index in [-0.39, 0.29) is 10.8 Å². The first-order valence-electron chi connectivity index (χ1n) is 6.41. The molecule has 2 heterocycles. The molecule has 0 bridgehead atoms. The van der Waals surface area contributed by atoms with Gasteiger partial charge in [-0.05, 0) is 25.0 Å². The molecular formula is C14H22O3. The average molecular weight is 238 g/mol. The second kappa shape index (κ2) is 5.23. The number of hydrogen-bond acceptors (Lipinski definition) is 3. The highest BCUT2D eigenvalue weighted by atomic mass is 16.5. The third-order valence-corrected chi connectivity index (χ3v) is 3.97. The van der Waals surface area contributed by atoms with Crippen molar-refractivity contribution in [2.24, 2.45) is 10.8 Å². The maximum Gasteiger partial charge on any atom is 0.0868 e. The maximum atomic E-state index is 5.43. The van der Waals surface area contributed by atoms with Gasteiger partial charge in [-0.25, -0.2) is 0 Å². The Hall–Kier alpha value is -0.800. The van der Waals surface area contributed by atoms with Crippen molar-refractivity contribution in [1.82, 2.24) is 0 Å². The number of ether oxygens (including phenoxy) is 3. The highest BCUT2D eigenvalue weighted by Gasteiger charge is 2.35. The number of hydrogen-bond donors (Lipinski definition) is 0. The lowest BCUT2D eigenvalue weighted by Crippen LogP contribution is -2.40. The van der Waals surface area contributed by atoms with Crippen LogP contribution in [0, 0.1) is 10.8 Å². The van der Waals surface area contributed by atoms with E-state index in [0.717, 1.165) is 39.3 Å². The molecule has 3 nitrogen and oxygen atoms in total. The monoisotopic (exact) mass is 238 g/mol. The molecule has 96 valence electrons. The molecule has 2 fully saturated rings. The van der Waals surface area contributed by atoms with E-state index in [2.05, 4.69) is 26.0 Å². The minimum atomic E-state index is 0.218. The molecule has 0 saturated carbocycles. The van der Waals surface area contributed by atoms with Crippen LogP contribution in [0.5, 0.6) is 0 Å². The van der Waals surface area contributed by atoms with Crippen LogP contribution in [0.2, 0.25) is 0 Å². The Morgan fingerprint density at radius 3 is 1.53 bits per heavy atom. The Bertz CT molecular complexity index is 258. The van der Waals surface area contributed by atoms with Crippen LogP contribution in [0.3, 0.4) is 0 Å². The molecule has 0 aromatic rings. The second-order valence-corrected chi connectivity index (χ2v) is 5.16. The highest BCUT2D eigenvalue weighted by Crippen LogP contribution is 2.33. The van der Waals surface area contributed by atoms with Crippen LogP contribution in [0.4, 0.5) is 0 Å². The van der Waals surface area contributed by atoms with Crippen molar-refractivity contribution in [2.45, 2.75) is 26.7 Å². The van der Waals surface area contributed by atoms with Gasteiger partial charge in [0, 0.05) is 10.8 Å². The molecule has 0 aromatic carbocycles. The van der Waals surface area contributed by atoms with Gasteiger partial charge in [-0.15, -0.1) is 0 Å². The predicted octanol–water partition coefficient (Wildman–Crippen LogP) is 2.88. The fraction of sp³-hybridized carbons (Fsp3) is 0.714. The van der Waals surface area contributed by atoms with E-state index in [1.807, 2.05) is 0 Å². The summed E-state index contributed by atoms with van der Waals surface area (Å²) in [4.78, 5) is 0. The van der Waals surface area contributed by atoms with Gasteiger partial charge in [0.1, 0.15) is 0 Å². The SMILES string of the molecule is CCC1(C=COC=CC2(CC)COC2)COC1. The zero-order valence-electron chi connectivity index (χ0n) is 10.8. The Kier molecular flexibility index (Phi) is 3.89. The summed E-state index contributed by atoms with van der Waals surface area (Å²) in [6, 6.07) is 0. The van der Waals surface area contributed by atoms with E-state index in [0.29, 0.717) is 0 Å². The molecule has 3 heteroatoms. The van der Waals surface area contributed by atoms with Gasteiger partial charge in [0.15, 0.2) is 0 Å². The van der Waals surface area contributed by atoms with Gasteiger partial charge < -0.3 is 14.2 Å². The Balaban J connectivity index is 1.75. The van der Waals surface area contributed by atoms with Crippen LogP contribution >= 0.6 is 0 Å². The first-order chi connectivity index (χ1) is 8.24. The summed E-state index contributed by atoms with van der Waals surface area (Å²) in [6.45, 7) is 7.64. The van der Waals surface area contributed by atoms with Gasteiger partial charge >= 0.3 is 0 Å². The van der Waals surface area contributed by atoms with E-state index in [1.54, 1.807) is 12.5 Å². The topological polar surface area (TPSA) is 27.7 Å². The van der Waals surface area contributed by atoms with Crippen LogP contribution in [-0.2, 0) is 14.2 Å². The number of rotatable bonds is 6. The normalized spacial score (nSPS) is 25.8. The quantitative estimate of drug-likeness (QED) is 0.666. The van der Waals surface area contributed by atoms with Crippen LogP contribution in [0.1, 0.15) is 26.7 Å². The molecule has 0 atom stereocenters. The molecule has 0 aromatic heterocycles. The summed E-state index contributed by atoms with van der Waals surface area (Å²) in [6.07, 6.45) is 10.0. The van der Waals surface area contributed by atoms with E-state index >= 15 is 0 Å². The van der Waals surface area contributed by atoms with Gasteiger partial charge in [-0.2, -0.15) is 0 Å². The van der Waals surface area contributed by atoms with Gasteiger partial charge in [0.25, 0.3) is 0 Å². The zero-order valence-corrected chi connectivity index (χ0v) is 10.8. The van der Waals surface area contributed by atoms with Crippen molar-refractivity contribution in [3.63, 3.8) is 0 Å². The van der Waals surface area contributed by atoms with Crippen molar-refractivity contribution >= 4 is 0 Å². The molecule has 2 aliphatic rings. The molecule has 2 saturated heterocycles. The smallest absolute Gasteiger partial charge is 0.0868 e. The Morgan fingerprint density at radius 1 is 0.882 bits per heavy atom. The Labute approximate surface area is 103 Å². The van der Waals surface area contributed by atoms with Crippen molar-refractivity contribution in [1.29, 1.82) is 0 Å². The van der Waals surface area contributed by atoms with Crippen LogP contribution in [0.25, 0.3) is 0 Å². The first-order valence-corrected chi connectivity index (χ1v) is 6.41. The Morgan fingerprint density at radius 2 is 1.29 bits per heavy atom. The molecule has 0 N–H and O–H groups in total. The predicted molar refractivity (Wildman–Crippen MR) is 66.5 cm³/mol. The minimum absolute atomic E-state index is 0.218. The lowest BCUT2D eigenvalue weighted by molar-refractivity contribution is -0.0855. The lowest BCUT2D eigenvalue weighted by Gasteiger charge is -2.38. The summed E-state index contributed by atoms with van der Waals surface area (Å²) in [5.41, 5.74) is 0.436. The second-order valence-electron chi connectivity index (χ2n) is 5.16. The van der Waals surface area contributed by atoms with Crippen molar-refractivity contribution in [3.05, 3.63) is 24.7 Å². The molecule has 0 unspecified atom stereocenters. The van der Waals surface area contributed by atoms with Crippen molar-refractivity contribution in [3.8, 4) is 0 Å². The van der Waals surface area contributed by atoms with Crippen LogP contribution < -0.4 is 0 Å². The third kappa shape index (κ3) is 2.72. The third-order valence-electron chi connectivity index (χ3n) is 3.97. The summed E-state index contributed by atoms with van der Waals surface area (Å²) < 4.78 is 15.9. The van der Waals surface area contributed by atoms with E-state index in [4.69, 9.17) is 14.2 Å². The van der Waals surface area contributed by atoms with Gasteiger partial charge in [-0.1, -0.05) is 13.8 Å². The van der Waals surface area contributed by atoms with Crippen LogP contribution in [-0.4, -0.2) is 26.4 Å².